The van der Waals surface area contributed by atoms with Crippen molar-refractivity contribution in [1.82, 2.24) is 4.57 Å². The Morgan fingerprint density at radius 2 is 2.31 bits per heavy atom. The fraction of sp³-hybridized carbons (Fsp3) is 0.600. The van der Waals surface area contributed by atoms with Gasteiger partial charge in [0.1, 0.15) is 0 Å². The topological polar surface area (TPSA) is 34.4 Å². The van der Waals surface area contributed by atoms with E-state index in [1.807, 2.05) is 23.0 Å². The second-order valence-electron chi connectivity index (χ2n) is 3.03. The number of hydrogen-bond acceptors (Lipinski definition) is 2. The van der Waals surface area contributed by atoms with E-state index in [2.05, 4.69) is 6.92 Å². The third kappa shape index (κ3) is 3.61. The Balaban J connectivity index is 2.20. The van der Waals surface area contributed by atoms with Crippen LogP contribution in [0.2, 0.25) is 0 Å². The molecule has 0 atom stereocenters. The summed E-state index contributed by atoms with van der Waals surface area (Å²) in [4.78, 5) is 0. The first-order chi connectivity index (χ1) is 6.36. The highest BCUT2D eigenvalue weighted by Crippen LogP contribution is 2.00. The summed E-state index contributed by atoms with van der Waals surface area (Å²) in [6, 6.07) is 1.92. The van der Waals surface area contributed by atoms with Gasteiger partial charge in [-0.3, -0.25) is 0 Å². The Morgan fingerprint density at radius 1 is 1.46 bits per heavy atom. The molecule has 0 saturated heterocycles. The number of nitrogens with zero attached hydrogens (tertiary/aromatic N) is 1. The maximum absolute atomic E-state index is 8.82. The zero-order valence-electron chi connectivity index (χ0n) is 8.07. The van der Waals surface area contributed by atoms with E-state index in [1.54, 1.807) is 0 Å². The lowest BCUT2D eigenvalue weighted by Gasteiger charge is -2.03. The minimum Gasteiger partial charge on any atom is -0.392 e. The fourth-order valence-corrected chi connectivity index (χ4v) is 1.14. The summed E-state index contributed by atoms with van der Waals surface area (Å²) in [6.45, 7) is 4.64. The largest absolute Gasteiger partial charge is 0.392 e. The van der Waals surface area contributed by atoms with Crippen LogP contribution < -0.4 is 0 Å². The predicted octanol–water partition coefficient (Wildman–Crippen LogP) is 1.41. The molecule has 0 bridgehead atoms. The van der Waals surface area contributed by atoms with Crippen LogP contribution in [-0.2, 0) is 17.9 Å². The highest BCUT2D eigenvalue weighted by molar-refractivity contribution is 5.08. The first-order valence-corrected chi connectivity index (χ1v) is 4.70. The molecule has 0 saturated carbocycles. The first-order valence-electron chi connectivity index (χ1n) is 4.70. The van der Waals surface area contributed by atoms with E-state index in [0.717, 1.165) is 31.7 Å². The lowest BCUT2D eigenvalue weighted by molar-refractivity contribution is 0.127. The average Bonchev–Trinajstić information content (AvgIpc) is 2.60. The fourth-order valence-electron chi connectivity index (χ4n) is 1.14. The molecule has 1 heterocycles. The minimum atomic E-state index is 0.114. The number of hydrogen-bond donors (Lipinski definition) is 1. The van der Waals surface area contributed by atoms with Gasteiger partial charge in [0.15, 0.2) is 0 Å². The van der Waals surface area contributed by atoms with E-state index in [0.29, 0.717) is 0 Å². The standard InChI is InChI=1S/C10H17NO2/c1-2-6-13-7-5-11-4-3-10(8-11)9-12/h3-4,8,12H,2,5-7,9H2,1H3. The number of ether oxygens (including phenoxy) is 1. The number of aliphatic hydroxyl groups is 1. The average molecular weight is 183 g/mol. The third-order valence-corrected chi connectivity index (χ3v) is 1.84. The first kappa shape index (κ1) is 10.3. The highest BCUT2D eigenvalue weighted by Gasteiger charge is 1.94. The Hall–Kier alpha value is -0.800. The summed E-state index contributed by atoms with van der Waals surface area (Å²) >= 11 is 0. The van der Waals surface area contributed by atoms with Crippen LogP contribution in [0.1, 0.15) is 18.9 Å². The monoisotopic (exact) mass is 183 g/mol. The van der Waals surface area contributed by atoms with Crippen molar-refractivity contribution in [1.29, 1.82) is 0 Å². The third-order valence-electron chi connectivity index (χ3n) is 1.84. The number of rotatable bonds is 6. The van der Waals surface area contributed by atoms with Gasteiger partial charge in [-0.1, -0.05) is 6.92 Å². The van der Waals surface area contributed by atoms with Gasteiger partial charge in [0.05, 0.1) is 13.2 Å². The van der Waals surface area contributed by atoms with E-state index in [4.69, 9.17) is 9.84 Å². The molecule has 74 valence electrons. The van der Waals surface area contributed by atoms with E-state index in [-0.39, 0.29) is 6.61 Å². The molecule has 0 radical (unpaired) electrons. The van der Waals surface area contributed by atoms with Crippen molar-refractivity contribution in [2.45, 2.75) is 26.5 Å². The molecule has 3 nitrogen and oxygen atoms in total. The van der Waals surface area contributed by atoms with Crippen molar-refractivity contribution in [3.63, 3.8) is 0 Å². The smallest absolute Gasteiger partial charge is 0.0696 e. The van der Waals surface area contributed by atoms with Gasteiger partial charge in [-0.05, 0) is 18.1 Å². The summed E-state index contributed by atoms with van der Waals surface area (Å²) in [5.41, 5.74) is 0.954. The molecule has 1 aromatic rings. The van der Waals surface area contributed by atoms with E-state index in [1.165, 1.54) is 0 Å². The molecule has 1 N–H and O–H groups in total. The molecule has 0 aliphatic rings. The van der Waals surface area contributed by atoms with Crippen LogP contribution in [0.3, 0.4) is 0 Å². The quantitative estimate of drug-likeness (QED) is 0.677. The number of aromatic nitrogens is 1. The van der Waals surface area contributed by atoms with E-state index >= 15 is 0 Å². The second-order valence-corrected chi connectivity index (χ2v) is 3.03. The molecule has 13 heavy (non-hydrogen) atoms. The van der Waals surface area contributed by atoms with Gasteiger partial charge >= 0.3 is 0 Å². The lowest BCUT2D eigenvalue weighted by atomic mass is 10.4. The summed E-state index contributed by atoms with van der Waals surface area (Å²) in [5, 5.41) is 8.82. The van der Waals surface area contributed by atoms with Gasteiger partial charge in [0, 0.05) is 25.5 Å². The SMILES string of the molecule is CCCOCCn1ccc(CO)c1. The van der Waals surface area contributed by atoms with E-state index < -0.39 is 0 Å². The van der Waals surface area contributed by atoms with Crippen LogP contribution >= 0.6 is 0 Å². The maximum atomic E-state index is 8.82. The van der Waals surface area contributed by atoms with Gasteiger partial charge < -0.3 is 14.4 Å². The minimum absolute atomic E-state index is 0.114. The van der Waals surface area contributed by atoms with Gasteiger partial charge in [-0.2, -0.15) is 0 Å². The van der Waals surface area contributed by atoms with E-state index in [9.17, 15) is 0 Å². The van der Waals surface area contributed by atoms with Crippen molar-refractivity contribution in [2.24, 2.45) is 0 Å². The molecule has 0 spiro atoms. The maximum Gasteiger partial charge on any atom is 0.0696 e. The summed E-state index contributed by atoms with van der Waals surface area (Å²) in [7, 11) is 0. The Kier molecular flexibility index (Phi) is 4.57. The Labute approximate surface area is 78.9 Å². The molecule has 3 heteroatoms. The molecule has 0 aromatic carbocycles. The van der Waals surface area contributed by atoms with Gasteiger partial charge in [0.25, 0.3) is 0 Å². The normalized spacial score (nSPS) is 10.6. The molecule has 0 fully saturated rings. The Bertz CT molecular complexity index is 233. The molecule has 0 aliphatic carbocycles. The van der Waals surface area contributed by atoms with Crippen LogP contribution in [0, 0.1) is 0 Å². The number of aliphatic hydroxyl groups excluding tert-OH is 1. The van der Waals surface area contributed by atoms with Crippen LogP contribution in [-0.4, -0.2) is 22.9 Å². The van der Waals surface area contributed by atoms with Crippen LogP contribution in [0.4, 0.5) is 0 Å². The van der Waals surface area contributed by atoms with Crippen molar-refractivity contribution >= 4 is 0 Å². The highest BCUT2D eigenvalue weighted by atomic mass is 16.5. The zero-order chi connectivity index (χ0) is 9.52. The molecule has 0 unspecified atom stereocenters. The molecule has 0 aliphatic heterocycles. The summed E-state index contributed by atoms with van der Waals surface area (Å²) < 4.78 is 7.38. The lowest BCUT2D eigenvalue weighted by Crippen LogP contribution is -2.04. The van der Waals surface area contributed by atoms with Crippen LogP contribution in [0.15, 0.2) is 18.5 Å². The molecular weight excluding hydrogens is 166 g/mol. The van der Waals surface area contributed by atoms with Crippen LogP contribution in [0.25, 0.3) is 0 Å². The summed E-state index contributed by atoms with van der Waals surface area (Å²) in [5.74, 6) is 0. The van der Waals surface area contributed by atoms with Crippen molar-refractivity contribution in [2.75, 3.05) is 13.2 Å². The van der Waals surface area contributed by atoms with Crippen molar-refractivity contribution in [3.8, 4) is 0 Å². The molecule has 1 rings (SSSR count). The van der Waals surface area contributed by atoms with Crippen LogP contribution in [0.5, 0.6) is 0 Å². The predicted molar refractivity (Wildman–Crippen MR) is 51.5 cm³/mol. The van der Waals surface area contributed by atoms with Crippen molar-refractivity contribution < 1.29 is 9.84 Å². The zero-order valence-corrected chi connectivity index (χ0v) is 8.07. The van der Waals surface area contributed by atoms with Gasteiger partial charge in [-0.15, -0.1) is 0 Å². The molecular formula is C10H17NO2. The Morgan fingerprint density at radius 3 is 2.92 bits per heavy atom. The van der Waals surface area contributed by atoms with Gasteiger partial charge in [0.2, 0.25) is 0 Å². The molecule has 0 amide bonds. The van der Waals surface area contributed by atoms with Gasteiger partial charge in [-0.25, -0.2) is 0 Å². The summed E-state index contributed by atoms with van der Waals surface area (Å²) in [6.07, 6.45) is 4.96. The van der Waals surface area contributed by atoms with Crippen molar-refractivity contribution in [3.05, 3.63) is 24.0 Å². The molecule has 1 aromatic heterocycles. The second kappa shape index (κ2) is 5.78.